The molecule has 0 spiro atoms. The fourth-order valence-corrected chi connectivity index (χ4v) is 0.949. The topological polar surface area (TPSA) is 25.4 Å². The number of hydrogen-bond donors (Lipinski definition) is 0. The van der Waals surface area contributed by atoms with Crippen LogP contribution in [0.1, 0.15) is 7.79 Å². The van der Waals surface area contributed by atoms with Crippen LogP contribution in [0.2, 0.25) is 0 Å². The molecule has 0 aromatic carbocycles. The summed E-state index contributed by atoms with van der Waals surface area (Å²) in [5, 5.41) is 0. The zero-order chi connectivity index (χ0) is 10.4. The molecular weight excluding hydrogens is 164 g/mol. The van der Waals surface area contributed by atoms with Gasteiger partial charge in [-0.3, -0.25) is 0 Å². The lowest BCUT2D eigenvalue weighted by molar-refractivity contribution is 0.273. The highest BCUT2D eigenvalue weighted by Crippen LogP contribution is 2.03. The summed E-state index contributed by atoms with van der Waals surface area (Å²) in [6, 6.07) is 3.80. The van der Waals surface area contributed by atoms with Crippen molar-refractivity contribution < 1.29 is 6.11 Å². The molecule has 0 N–H and O–H groups in total. The Hall–Kier alpha value is -1.09. The van der Waals surface area contributed by atoms with E-state index >= 15 is 0 Å². The molecule has 0 aliphatic rings. The first kappa shape index (κ1) is 8.51. The van der Waals surface area contributed by atoms with Gasteiger partial charge in [0.2, 0.25) is 5.88 Å². The van der Waals surface area contributed by atoms with Crippen LogP contribution in [0.25, 0.3) is 0 Å². The number of rotatable bonds is 5. The van der Waals surface area contributed by atoms with Crippen molar-refractivity contribution in [2.45, 2.75) is 6.42 Å². The van der Waals surface area contributed by atoms with Crippen LogP contribution in [0.5, 0.6) is 5.88 Å². The molecule has 13 heavy (non-hydrogen) atoms. The molecule has 0 radical (unpaired) electrons. The fraction of sp³-hybridized carbons (Fsp3) is 0.500. The Balaban J connectivity index is 2.21. The van der Waals surface area contributed by atoms with E-state index < -0.39 is 0 Å². The van der Waals surface area contributed by atoms with Crippen molar-refractivity contribution >= 4 is 0 Å². The molecule has 72 valence electrons. The first-order valence-electron chi connectivity index (χ1n) is 4.88. The van der Waals surface area contributed by atoms with E-state index in [0.717, 1.165) is 13.0 Å². The van der Waals surface area contributed by atoms with Crippen LogP contribution in [0.15, 0.2) is 24.4 Å². The van der Waals surface area contributed by atoms with E-state index in [1.54, 1.807) is 12.1 Å². The lowest BCUT2D eigenvalue weighted by Crippen LogP contribution is -2.15. The van der Waals surface area contributed by atoms with Crippen LogP contribution in [0.4, 0.5) is 0 Å². The summed E-state index contributed by atoms with van der Waals surface area (Å²) in [6.07, 6.45) is 2.47. The highest BCUT2D eigenvalue weighted by molar-refractivity contribution is 5.08. The second kappa shape index (κ2) is 5.54. The number of pyridine rings is 1. The van der Waals surface area contributed by atoms with Crippen LogP contribution in [0, 0.1) is 0 Å². The molecule has 0 aliphatic heterocycles. The summed E-state index contributed by atoms with van der Waals surface area (Å²) in [6.45, 7) is 1.68. The molecule has 0 bridgehead atoms. The van der Waals surface area contributed by atoms with Crippen LogP contribution in [0.3, 0.4) is 0 Å². The summed E-state index contributed by atoms with van der Waals surface area (Å²) >= 11 is 0. The molecule has 0 saturated carbocycles. The first-order chi connectivity index (χ1) is 6.68. The minimum atomic E-state index is 0.408. The molecule has 0 atom stereocenters. The average molecular weight is 181 g/mol. The Morgan fingerprint density at radius 2 is 2.46 bits per heavy atom. The van der Waals surface area contributed by atoms with E-state index in [9.17, 15) is 0 Å². The highest BCUT2D eigenvalue weighted by atomic mass is 16.5. The van der Waals surface area contributed by atoms with Gasteiger partial charge in [0.25, 0.3) is 0 Å². The van der Waals surface area contributed by atoms with Gasteiger partial charge < -0.3 is 9.64 Å². The van der Waals surface area contributed by atoms with Crippen LogP contribution in [-0.2, 0) is 0 Å². The van der Waals surface area contributed by atoms with Gasteiger partial charge in [0.15, 0.2) is 0 Å². The fourth-order valence-electron chi connectivity index (χ4n) is 0.949. The van der Waals surface area contributed by atoms with E-state index in [1.165, 1.54) is 6.20 Å². The molecule has 1 aromatic rings. The third-order valence-electron chi connectivity index (χ3n) is 1.59. The second-order valence-electron chi connectivity index (χ2n) is 3.10. The standard InChI is InChI=1S/C10H16N2O/c1-12(2)8-5-9-13-10-6-3-4-7-11-10/h3-4,6-7H,5,8-9H2,1-2H3/i4D. The second-order valence-corrected chi connectivity index (χ2v) is 3.10. The van der Waals surface area contributed by atoms with Gasteiger partial charge in [-0.25, -0.2) is 4.98 Å². The van der Waals surface area contributed by atoms with E-state index in [4.69, 9.17) is 6.11 Å². The largest absolute Gasteiger partial charge is 0.478 e. The molecule has 0 fully saturated rings. The predicted molar refractivity (Wildman–Crippen MR) is 52.9 cm³/mol. The Morgan fingerprint density at radius 1 is 1.62 bits per heavy atom. The van der Waals surface area contributed by atoms with E-state index in [1.807, 2.05) is 14.1 Å². The molecule has 0 amide bonds. The first-order valence-corrected chi connectivity index (χ1v) is 4.38. The number of ether oxygens (including phenoxy) is 1. The van der Waals surface area contributed by atoms with Gasteiger partial charge in [-0.05, 0) is 26.6 Å². The van der Waals surface area contributed by atoms with Gasteiger partial charge in [-0.2, -0.15) is 0 Å². The summed E-state index contributed by atoms with van der Waals surface area (Å²) in [5.74, 6) is 0.597. The molecule has 0 saturated heterocycles. The lowest BCUT2D eigenvalue weighted by atomic mass is 10.4. The lowest BCUT2D eigenvalue weighted by Gasteiger charge is -2.09. The van der Waals surface area contributed by atoms with E-state index in [-0.39, 0.29) is 0 Å². The molecule has 1 heterocycles. The Morgan fingerprint density at radius 3 is 3.08 bits per heavy atom. The molecule has 1 rings (SSSR count). The van der Waals surface area contributed by atoms with Gasteiger partial charge in [-0.15, -0.1) is 0 Å². The van der Waals surface area contributed by atoms with Crippen molar-refractivity contribution in [3.05, 3.63) is 24.4 Å². The van der Waals surface area contributed by atoms with Crippen molar-refractivity contribution in [2.75, 3.05) is 27.2 Å². The summed E-state index contributed by atoms with van der Waals surface area (Å²) in [5.41, 5.74) is 0. The monoisotopic (exact) mass is 181 g/mol. The SMILES string of the molecule is [2H]c1ccc(OCCCN(C)C)nc1. The molecule has 1 aromatic heterocycles. The van der Waals surface area contributed by atoms with E-state index in [0.29, 0.717) is 18.5 Å². The quantitative estimate of drug-likeness (QED) is 0.642. The molecule has 0 aliphatic carbocycles. The van der Waals surface area contributed by atoms with Crippen LogP contribution < -0.4 is 4.74 Å². The maximum absolute atomic E-state index is 7.24. The summed E-state index contributed by atoms with van der Waals surface area (Å²) in [4.78, 5) is 6.09. The van der Waals surface area contributed by atoms with Crippen molar-refractivity contribution in [2.24, 2.45) is 0 Å². The summed E-state index contributed by atoms with van der Waals surface area (Å²) < 4.78 is 12.6. The third-order valence-corrected chi connectivity index (χ3v) is 1.59. The molecule has 3 nitrogen and oxygen atoms in total. The van der Waals surface area contributed by atoms with Gasteiger partial charge >= 0.3 is 0 Å². The minimum Gasteiger partial charge on any atom is -0.478 e. The highest BCUT2D eigenvalue weighted by Gasteiger charge is 1.93. The van der Waals surface area contributed by atoms with Crippen LogP contribution >= 0.6 is 0 Å². The molecule has 3 heteroatoms. The zero-order valence-electron chi connectivity index (χ0n) is 9.16. The maximum atomic E-state index is 7.24. The Kier molecular flexibility index (Phi) is 3.62. The van der Waals surface area contributed by atoms with Crippen molar-refractivity contribution in [1.29, 1.82) is 0 Å². The third kappa shape index (κ3) is 4.48. The van der Waals surface area contributed by atoms with Gasteiger partial charge in [0.1, 0.15) is 0 Å². The minimum absolute atomic E-state index is 0.408. The maximum Gasteiger partial charge on any atom is 0.213 e. The average Bonchev–Trinajstić information content (AvgIpc) is 2.15. The normalized spacial score (nSPS) is 11.5. The number of hydrogen-bond acceptors (Lipinski definition) is 3. The number of nitrogens with zero attached hydrogens (tertiary/aromatic N) is 2. The Labute approximate surface area is 80.8 Å². The molecular formula is C10H16N2O. The number of aromatic nitrogens is 1. The van der Waals surface area contributed by atoms with Gasteiger partial charge in [0, 0.05) is 18.8 Å². The van der Waals surface area contributed by atoms with Crippen molar-refractivity contribution in [3.8, 4) is 5.88 Å². The zero-order valence-corrected chi connectivity index (χ0v) is 8.16. The van der Waals surface area contributed by atoms with E-state index in [2.05, 4.69) is 9.88 Å². The predicted octanol–water partition coefficient (Wildman–Crippen LogP) is 1.41. The summed E-state index contributed by atoms with van der Waals surface area (Å²) in [7, 11) is 4.07. The van der Waals surface area contributed by atoms with Crippen LogP contribution in [-0.4, -0.2) is 37.1 Å². The Bertz CT molecular complexity index is 261. The molecule has 0 unspecified atom stereocenters. The van der Waals surface area contributed by atoms with Gasteiger partial charge in [-0.1, -0.05) is 6.07 Å². The smallest absolute Gasteiger partial charge is 0.213 e. The van der Waals surface area contributed by atoms with Crippen molar-refractivity contribution in [1.82, 2.24) is 9.88 Å². The van der Waals surface area contributed by atoms with Gasteiger partial charge in [0.05, 0.1) is 7.98 Å². The van der Waals surface area contributed by atoms with Crippen molar-refractivity contribution in [3.63, 3.8) is 0 Å².